The van der Waals surface area contributed by atoms with Gasteiger partial charge in [-0.05, 0) is 24.3 Å². The summed E-state index contributed by atoms with van der Waals surface area (Å²) in [6, 6.07) is 4.34. The highest BCUT2D eigenvalue weighted by Crippen LogP contribution is 2.29. The molecule has 1 saturated heterocycles. The van der Waals surface area contributed by atoms with Crippen molar-refractivity contribution >= 4 is 35.6 Å². The highest BCUT2D eigenvalue weighted by Gasteiger charge is 2.39. The van der Waals surface area contributed by atoms with Crippen molar-refractivity contribution in [3.05, 3.63) is 34.4 Å². The van der Waals surface area contributed by atoms with Crippen LogP contribution < -0.4 is 4.74 Å². The molecule has 1 fully saturated rings. The second-order valence-electron chi connectivity index (χ2n) is 5.10. The fourth-order valence-electron chi connectivity index (χ4n) is 1.84. The molecule has 0 unspecified atom stereocenters. The summed E-state index contributed by atoms with van der Waals surface area (Å²) in [5.74, 6) is -4.07. The van der Waals surface area contributed by atoms with Crippen LogP contribution in [0.15, 0.2) is 23.8 Å². The van der Waals surface area contributed by atoms with Crippen LogP contribution in [0.25, 0.3) is 6.08 Å². The average Bonchev–Trinajstić information content (AvgIpc) is 2.40. The summed E-state index contributed by atoms with van der Waals surface area (Å²) >= 11 is 5.88. The SMILES string of the molecule is CC1(C)OC(=O)C(=Cc2cc(Cl)ccc2OCC(=O)O)C(=O)O1. The second-order valence-corrected chi connectivity index (χ2v) is 5.54. The molecular formula is C15H13ClO7. The number of carboxylic acid groups (broad SMARTS) is 1. The Morgan fingerprint density at radius 2 is 1.91 bits per heavy atom. The Morgan fingerprint density at radius 1 is 1.30 bits per heavy atom. The highest BCUT2D eigenvalue weighted by molar-refractivity contribution is 6.30. The molecule has 1 aliphatic rings. The van der Waals surface area contributed by atoms with Crippen LogP contribution in [-0.2, 0) is 23.9 Å². The van der Waals surface area contributed by atoms with Gasteiger partial charge in [-0.1, -0.05) is 11.6 Å². The number of aliphatic carboxylic acids is 1. The van der Waals surface area contributed by atoms with Crippen molar-refractivity contribution in [1.82, 2.24) is 0 Å². The first-order valence-electron chi connectivity index (χ1n) is 6.50. The number of rotatable bonds is 4. The summed E-state index contributed by atoms with van der Waals surface area (Å²) in [6.07, 6.45) is 1.18. The summed E-state index contributed by atoms with van der Waals surface area (Å²) < 4.78 is 15.1. The van der Waals surface area contributed by atoms with E-state index in [0.29, 0.717) is 5.02 Å². The molecule has 0 amide bonds. The van der Waals surface area contributed by atoms with E-state index in [1.807, 2.05) is 0 Å². The standard InChI is InChI=1S/C15H13ClO7/c1-15(2)22-13(19)10(14(20)23-15)6-8-5-9(16)3-4-11(8)21-7-12(17)18/h3-6H,7H2,1-2H3,(H,17,18). The van der Waals surface area contributed by atoms with Gasteiger partial charge in [-0.2, -0.15) is 0 Å². The molecule has 23 heavy (non-hydrogen) atoms. The predicted octanol–water partition coefficient (Wildman–Crippen LogP) is 2.02. The Kier molecular flexibility index (Phi) is 4.60. The van der Waals surface area contributed by atoms with Crippen molar-refractivity contribution < 1.29 is 33.7 Å². The number of ether oxygens (including phenoxy) is 3. The summed E-state index contributed by atoms with van der Waals surface area (Å²) in [4.78, 5) is 34.5. The Morgan fingerprint density at radius 3 is 2.48 bits per heavy atom. The molecule has 1 heterocycles. The van der Waals surface area contributed by atoms with Crippen molar-refractivity contribution in [2.45, 2.75) is 19.6 Å². The van der Waals surface area contributed by atoms with Crippen molar-refractivity contribution in [1.29, 1.82) is 0 Å². The van der Waals surface area contributed by atoms with Crippen LogP contribution in [0.4, 0.5) is 0 Å². The minimum Gasteiger partial charge on any atom is -0.481 e. The van der Waals surface area contributed by atoms with E-state index in [2.05, 4.69) is 0 Å². The van der Waals surface area contributed by atoms with Gasteiger partial charge in [-0.25, -0.2) is 14.4 Å². The molecule has 1 aliphatic heterocycles. The maximum Gasteiger partial charge on any atom is 0.348 e. The van der Waals surface area contributed by atoms with E-state index < -0.39 is 30.3 Å². The molecule has 0 aliphatic carbocycles. The Hall–Kier alpha value is -2.54. The maximum absolute atomic E-state index is 11.9. The number of carboxylic acids is 1. The van der Waals surface area contributed by atoms with Gasteiger partial charge in [0.15, 0.2) is 6.61 Å². The summed E-state index contributed by atoms with van der Waals surface area (Å²) in [6.45, 7) is 2.28. The lowest BCUT2D eigenvalue weighted by Crippen LogP contribution is -2.41. The summed E-state index contributed by atoms with van der Waals surface area (Å²) in [7, 11) is 0. The number of hydrogen-bond donors (Lipinski definition) is 1. The molecule has 1 aromatic carbocycles. The molecule has 0 spiro atoms. The zero-order valence-electron chi connectivity index (χ0n) is 12.3. The minimum absolute atomic E-state index is 0.148. The fourth-order valence-corrected chi connectivity index (χ4v) is 2.02. The average molecular weight is 341 g/mol. The Labute approximate surface area is 136 Å². The van der Waals surface area contributed by atoms with Gasteiger partial charge in [0, 0.05) is 24.4 Å². The van der Waals surface area contributed by atoms with E-state index in [0.717, 1.165) is 0 Å². The third-order valence-electron chi connectivity index (χ3n) is 2.74. The number of esters is 2. The van der Waals surface area contributed by atoms with Crippen LogP contribution in [0.5, 0.6) is 5.75 Å². The summed E-state index contributed by atoms with van der Waals surface area (Å²) in [5, 5.41) is 8.99. The van der Waals surface area contributed by atoms with E-state index >= 15 is 0 Å². The number of carbonyl (C=O) groups excluding carboxylic acids is 2. The monoisotopic (exact) mass is 340 g/mol. The largest absolute Gasteiger partial charge is 0.481 e. The van der Waals surface area contributed by atoms with Crippen LogP contribution in [0.2, 0.25) is 5.02 Å². The molecule has 2 rings (SSSR count). The molecule has 0 bridgehead atoms. The third kappa shape index (κ3) is 4.23. The molecule has 1 N–H and O–H groups in total. The summed E-state index contributed by atoms with van der Waals surface area (Å²) in [5.41, 5.74) is -0.0888. The molecule has 0 radical (unpaired) electrons. The molecule has 0 aromatic heterocycles. The molecule has 1 aromatic rings. The zero-order chi connectivity index (χ0) is 17.2. The molecule has 0 saturated carbocycles. The second kappa shape index (κ2) is 6.29. The van der Waals surface area contributed by atoms with E-state index in [9.17, 15) is 14.4 Å². The van der Waals surface area contributed by atoms with Gasteiger partial charge >= 0.3 is 17.9 Å². The van der Waals surface area contributed by atoms with E-state index in [1.54, 1.807) is 0 Å². The smallest absolute Gasteiger partial charge is 0.348 e. The van der Waals surface area contributed by atoms with Gasteiger partial charge in [0.05, 0.1) is 0 Å². The molecule has 7 nitrogen and oxygen atoms in total. The number of carbonyl (C=O) groups is 3. The highest BCUT2D eigenvalue weighted by atomic mass is 35.5. The molecule has 122 valence electrons. The molecule has 8 heteroatoms. The van der Waals surface area contributed by atoms with E-state index in [1.165, 1.54) is 38.1 Å². The quantitative estimate of drug-likeness (QED) is 0.508. The van der Waals surface area contributed by atoms with Crippen LogP contribution in [-0.4, -0.2) is 35.4 Å². The zero-order valence-corrected chi connectivity index (χ0v) is 13.0. The first kappa shape index (κ1) is 16.8. The van der Waals surface area contributed by atoms with Crippen molar-refractivity contribution in [3.63, 3.8) is 0 Å². The molecular weight excluding hydrogens is 328 g/mol. The lowest BCUT2D eigenvalue weighted by molar-refractivity contribution is -0.222. The van der Waals surface area contributed by atoms with Crippen molar-refractivity contribution in [2.24, 2.45) is 0 Å². The lowest BCUT2D eigenvalue weighted by atomic mass is 10.1. The van der Waals surface area contributed by atoms with Gasteiger partial charge < -0.3 is 19.3 Å². The van der Waals surface area contributed by atoms with Gasteiger partial charge in [0.2, 0.25) is 0 Å². The number of hydrogen-bond acceptors (Lipinski definition) is 6. The van der Waals surface area contributed by atoms with Gasteiger partial charge in [-0.15, -0.1) is 0 Å². The number of cyclic esters (lactones) is 2. The first-order chi connectivity index (χ1) is 10.7. The minimum atomic E-state index is -1.34. The van der Waals surface area contributed by atoms with E-state index in [-0.39, 0.29) is 16.9 Å². The Balaban J connectivity index is 2.37. The van der Waals surface area contributed by atoms with Gasteiger partial charge in [0.1, 0.15) is 11.3 Å². The van der Waals surface area contributed by atoms with Gasteiger partial charge in [0.25, 0.3) is 5.79 Å². The first-order valence-corrected chi connectivity index (χ1v) is 6.88. The lowest BCUT2D eigenvalue weighted by Gasteiger charge is -2.29. The van der Waals surface area contributed by atoms with Crippen molar-refractivity contribution in [3.8, 4) is 5.75 Å². The third-order valence-corrected chi connectivity index (χ3v) is 2.97. The topological polar surface area (TPSA) is 99.1 Å². The van der Waals surface area contributed by atoms with Crippen LogP contribution >= 0.6 is 11.6 Å². The van der Waals surface area contributed by atoms with Gasteiger partial charge in [-0.3, -0.25) is 0 Å². The van der Waals surface area contributed by atoms with Crippen LogP contribution in [0.1, 0.15) is 19.4 Å². The normalized spacial score (nSPS) is 16.4. The molecule has 0 atom stereocenters. The maximum atomic E-state index is 11.9. The van der Waals surface area contributed by atoms with Crippen LogP contribution in [0, 0.1) is 0 Å². The van der Waals surface area contributed by atoms with Crippen LogP contribution in [0.3, 0.4) is 0 Å². The van der Waals surface area contributed by atoms with E-state index in [4.69, 9.17) is 30.9 Å². The predicted molar refractivity (Wildman–Crippen MR) is 78.8 cm³/mol. The number of halogens is 1. The Bertz CT molecular complexity index is 684. The fraction of sp³-hybridized carbons (Fsp3) is 0.267. The van der Waals surface area contributed by atoms with Crippen molar-refractivity contribution in [2.75, 3.05) is 6.61 Å². The number of benzene rings is 1.